The van der Waals surface area contributed by atoms with E-state index in [1.165, 1.54) is 0 Å². The second kappa shape index (κ2) is 5.89. The monoisotopic (exact) mass is 363 g/mol. The first-order valence-corrected chi connectivity index (χ1v) is 8.06. The first kappa shape index (κ1) is 17.0. The van der Waals surface area contributed by atoms with Gasteiger partial charge in [-0.2, -0.15) is 4.58 Å². The van der Waals surface area contributed by atoms with Gasteiger partial charge in [-0.15, -0.1) is 0 Å². The van der Waals surface area contributed by atoms with Gasteiger partial charge in [0.2, 0.25) is 12.6 Å². The highest BCUT2D eigenvalue weighted by atomic mass is 31.2. The van der Waals surface area contributed by atoms with Crippen LogP contribution in [0.4, 0.5) is 4.79 Å². The fraction of sp³-hybridized carbons (Fsp3) is 0.500. The molecule has 0 aliphatic carbocycles. The summed E-state index contributed by atoms with van der Waals surface area (Å²) in [6.07, 6.45) is -4.54. The molecule has 3 amide bonds. The molecule has 3 heterocycles. The molecule has 0 aromatic rings. The Labute approximate surface area is 133 Å². The van der Waals surface area contributed by atoms with Gasteiger partial charge in [0.25, 0.3) is 5.71 Å². The van der Waals surface area contributed by atoms with E-state index < -0.39 is 50.9 Å². The Bertz CT molecular complexity index is 741. The number of nitrogens with zero attached hydrogens (tertiary/aromatic N) is 3. The summed E-state index contributed by atoms with van der Waals surface area (Å²) in [5.74, 6) is -0.949. The lowest BCUT2D eigenvalue weighted by atomic mass is 10.1. The van der Waals surface area contributed by atoms with Gasteiger partial charge in [-0.1, -0.05) is 4.99 Å². The van der Waals surface area contributed by atoms with Gasteiger partial charge in [0.15, 0.2) is 0 Å². The number of carbonyl (C=O) groups is 2. The molecular formula is C10H12N4O9P+. The van der Waals surface area contributed by atoms with Crippen LogP contribution in [0.1, 0.15) is 0 Å². The molecule has 0 aromatic carbocycles. The van der Waals surface area contributed by atoms with Crippen LogP contribution in [0.2, 0.25) is 0 Å². The average molecular weight is 363 g/mol. The average Bonchev–Trinajstić information content (AvgIpc) is 3.00. The number of urea groups is 1. The maximum atomic E-state index is 11.6. The maximum Gasteiger partial charge on any atom is 0.469 e. The molecular weight excluding hydrogens is 351 g/mol. The predicted octanol–water partition coefficient (Wildman–Crippen LogP) is -3.31. The molecule has 130 valence electrons. The summed E-state index contributed by atoms with van der Waals surface area (Å²) in [4.78, 5) is 47.6. The molecule has 0 aromatic heterocycles. The highest BCUT2D eigenvalue weighted by molar-refractivity contribution is 7.46. The second-order valence-corrected chi connectivity index (χ2v) is 6.27. The van der Waals surface area contributed by atoms with Crippen molar-refractivity contribution in [3.05, 3.63) is 0 Å². The normalized spacial score (nSPS) is 32.9. The molecule has 4 unspecified atom stereocenters. The molecule has 3 aliphatic heterocycles. The molecule has 0 saturated carbocycles. The van der Waals surface area contributed by atoms with Gasteiger partial charge in [0.05, 0.1) is 6.61 Å². The minimum Gasteiger partial charge on any atom is -0.387 e. The SMILES string of the molecule is O=C1N=C2C(=NC=[N+]2C2OC(COP(=O)(O)O)C(O)C2O)C(=O)N1. The van der Waals surface area contributed by atoms with E-state index in [1.54, 1.807) is 0 Å². The molecule has 5 N–H and O–H groups in total. The number of ether oxygens (including phenoxy) is 1. The number of aliphatic imine (C=N–C) groups is 2. The summed E-state index contributed by atoms with van der Waals surface area (Å²) in [7, 11) is -4.79. The zero-order chi connectivity index (χ0) is 17.6. The zero-order valence-electron chi connectivity index (χ0n) is 11.7. The van der Waals surface area contributed by atoms with Gasteiger partial charge >= 0.3 is 25.6 Å². The number of hydrogen-bond donors (Lipinski definition) is 5. The largest absolute Gasteiger partial charge is 0.469 e. The summed E-state index contributed by atoms with van der Waals surface area (Å²) in [5, 5.41) is 21.9. The number of rotatable bonds is 4. The lowest BCUT2D eigenvalue weighted by Gasteiger charge is -2.16. The van der Waals surface area contributed by atoms with Gasteiger partial charge < -0.3 is 24.7 Å². The number of hydrogen-bond acceptors (Lipinski definition) is 8. The third-order valence-corrected chi connectivity index (χ3v) is 3.91. The van der Waals surface area contributed by atoms with Gasteiger partial charge in [0.1, 0.15) is 18.3 Å². The topological polar surface area (TPSA) is 190 Å². The predicted molar refractivity (Wildman–Crippen MR) is 73.4 cm³/mol. The molecule has 3 aliphatic rings. The van der Waals surface area contributed by atoms with E-state index in [0.29, 0.717) is 0 Å². The molecule has 0 bridgehead atoms. The van der Waals surface area contributed by atoms with Crippen LogP contribution in [0.5, 0.6) is 0 Å². The summed E-state index contributed by atoms with van der Waals surface area (Å²) in [6.45, 7) is -0.688. The number of phosphoric acid groups is 1. The number of phosphoric ester groups is 1. The molecule has 0 spiro atoms. The third-order valence-electron chi connectivity index (χ3n) is 3.43. The van der Waals surface area contributed by atoms with Crippen molar-refractivity contribution in [3.8, 4) is 0 Å². The van der Waals surface area contributed by atoms with E-state index in [1.807, 2.05) is 5.32 Å². The van der Waals surface area contributed by atoms with E-state index in [-0.39, 0.29) is 11.5 Å². The summed E-state index contributed by atoms with van der Waals surface area (Å²) in [6, 6.07) is -0.927. The van der Waals surface area contributed by atoms with E-state index in [4.69, 9.17) is 14.5 Å². The van der Waals surface area contributed by atoms with Gasteiger partial charge in [-0.3, -0.25) is 14.6 Å². The number of aliphatic hydroxyl groups is 2. The molecule has 14 heteroatoms. The highest BCUT2D eigenvalue weighted by Crippen LogP contribution is 2.37. The first-order chi connectivity index (χ1) is 11.2. The van der Waals surface area contributed by atoms with Crippen molar-refractivity contribution in [1.82, 2.24) is 5.32 Å². The van der Waals surface area contributed by atoms with Crippen molar-refractivity contribution < 1.29 is 48.0 Å². The number of fused-ring (bicyclic) bond motifs is 1. The van der Waals surface area contributed by atoms with Crippen molar-refractivity contribution in [2.45, 2.75) is 24.5 Å². The smallest absolute Gasteiger partial charge is 0.387 e. The molecule has 3 rings (SSSR count). The second-order valence-electron chi connectivity index (χ2n) is 5.03. The van der Waals surface area contributed by atoms with Gasteiger partial charge in [-0.25, -0.2) is 9.36 Å². The lowest BCUT2D eigenvalue weighted by molar-refractivity contribution is -0.517. The Morgan fingerprint density at radius 2 is 2.04 bits per heavy atom. The molecule has 24 heavy (non-hydrogen) atoms. The summed E-state index contributed by atoms with van der Waals surface area (Å²) in [5.41, 5.74) is -0.171. The van der Waals surface area contributed by atoms with Crippen LogP contribution in [-0.2, 0) is 18.6 Å². The van der Waals surface area contributed by atoms with E-state index in [9.17, 15) is 24.4 Å². The van der Waals surface area contributed by atoms with E-state index in [0.717, 1.165) is 10.9 Å². The fourth-order valence-electron chi connectivity index (χ4n) is 2.36. The van der Waals surface area contributed by atoms with Crippen molar-refractivity contribution in [2.75, 3.05) is 6.61 Å². The van der Waals surface area contributed by atoms with Crippen LogP contribution in [0.3, 0.4) is 0 Å². The van der Waals surface area contributed by atoms with Crippen molar-refractivity contribution in [2.24, 2.45) is 9.98 Å². The Balaban J connectivity index is 1.78. The van der Waals surface area contributed by atoms with Gasteiger partial charge in [0, 0.05) is 0 Å². The fourth-order valence-corrected chi connectivity index (χ4v) is 2.70. The zero-order valence-corrected chi connectivity index (χ0v) is 12.6. The molecule has 1 saturated heterocycles. The van der Waals surface area contributed by atoms with E-state index >= 15 is 0 Å². The van der Waals surface area contributed by atoms with Crippen LogP contribution < -0.4 is 5.32 Å². The number of nitrogens with one attached hydrogen (secondary N) is 1. The standard InChI is InChI=1S/C10H11N4O9P/c15-5-3(1-22-24(19,20)21)23-9(6(5)16)14-2-11-4-7(14)12-10(18)13-8(4)17/h2-3,5-6,9,15-16H,1H2,(H2-,13,17,18,19,20,21)/p+1. The first-order valence-electron chi connectivity index (χ1n) is 6.53. The van der Waals surface area contributed by atoms with Crippen LogP contribution in [0.25, 0.3) is 0 Å². The minimum absolute atomic E-state index is 0.170. The Morgan fingerprint density at radius 3 is 2.71 bits per heavy atom. The van der Waals surface area contributed by atoms with E-state index in [2.05, 4.69) is 14.5 Å². The Morgan fingerprint density at radius 1 is 1.33 bits per heavy atom. The van der Waals surface area contributed by atoms with Crippen LogP contribution >= 0.6 is 7.82 Å². The number of amidine groups is 1. The van der Waals surface area contributed by atoms with Crippen molar-refractivity contribution >= 4 is 37.6 Å². The van der Waals surface area contributed by atoms with Crippen LogP contribution in [-0.4, -0.2) is 85.5 Å². The Hall–Kier alpha value is -1.86. The quantitative estimate of drug-likeness (QED) is 0.251. The maximum absolute atomic E-state index is 11.6. The van der Waals surface area contributed by atoms with Crippen molar-refractivity contribution in [3.63, 3.8) is 0 Å². The molecule has 4 atom stereocenters. The number of amides is 3. The Kier molecular flexibility index (Phi) is 4.17. The third kappa shape index (κ3) is 3.06. The van der Waals surface area contributed by atoms with Crippen molar-refractivity contribution in [1.29, 1.82) is 0 Å². The van der Waals surface area contributed by atoms with Crippen LogP contribution in [0, 0.1) is 0 Å². The summed E-state index contributed by atoms with van der Waals surface area (Å²) >= 11 is 0. The highest BCUT2D eigenvalue weighted by Gasteiger charge is 2.51. The number of carbonyl (C=O) groups excluding carboxylic acids is 2. The molecule has 1 fully saturated rings. The molecule has 13 nitrogen and oxygen atoms in total. The summed E-state index contributed by atoms with van der Waals surface area (Å²) < 4.78 is 21.3. The number of imide groups is 1. The minimum atomic E-state index is -4.79. The molecule has 0 radical (unpaired) electrons. The number of aliphatic hydroxyl groups excluding tert-OH is 2. The van der Waals surface area contributed by atoms with Crippen LogP contribution in [0.15, 0.2) is 9.98 Å². The van der Waals surface area contributed by atoms with Gasteiger partial charge in [-0.05, 0) is 4.99 Å². The lowest BCUT2D eigenvalue weighted by Crippen LogP contribution is -2.49.